The Morgan fingerprint density at radius 1 is 1.15 bits per heavy atom. The third-order valence-electron chi connectivity index (χ3n) is 4.10. The Morgan fingerprint density at radius 3 is 2.85 bits per heavy atom. The highest BCUT2D eigenvalue weighted by Gasteiger charge is 2.15. The fourth-order valence-corrected chi connectivity index (χ4v) is 3.60. The summed E-state index contributed by atoms with van der Waals surface area (Å²) in [5.41, 5.74) is 1.70. The van der Waals surface area contributed by atoms with Crippen LogP contribution in [0, 0.1) is 0 Å². The lowest BCUT2D eigenvalue weighted by Gasteiger charge is -2.11. The van der Waals surface area contributed by atoms with E-state index in [0.29, 0.717) is 0 Å². The number of hydrogen-bond donors (Lipinski definition) is 1. The first-order chi connectivity index (χ1) is 12.7. The molecule has 0 bridgehead atoms. The van der Waals surface area contributed by atoms with Crippen molar-refractivity contribution in [3.8, 4) is 0 Å². The Hall–Kier alpha value is -2.86. The summed E-state index contributed by atoms with van der Waals surface area (Å²) in [7, 11) is 0. The summed E-state index contributed by atoms with van der Waals surface area (Å²) in [5.74, 6) is 0.966. The van der Waals surface area contributed by atoms with Crippen molar-refractivity contribution in [3.63, 3.8) is 0 Å². The molecule has 0 fully saturated rings. The van der Waals surface area contributed by atoms with Crippen molar-refractivity contribution >= 4 is 39.5 Å². The molecule has 2 heterocycles. The molecule has 130 valence electrons. The van der Waals surface area contributed by atoms with E-state index in [2.05, 4.69) is 15.3 Å². The molecule has 0 aliphatic heterocycles. The molecule has 0 saturated carbocycles. The van der Waals surface area contributed by atoms with Crippen LogP contribution in [0.15, 0.2) is 70.4 Å². The number of para-hydroxylation sites is 2. The van der Waals surface area contributed by atoms with Gasteiger partial charge in [-0.1, -0.05) is 48.2 Å². The van der Waals surface area contributed by atoms with Gasteiger partial charge < -0.3 is 9.73 Å². The van der Waals surface area contributed by atoms with Crippen LogP contribution in [0.1, 0.15) is 18.7 Å². The third kappa shape index (κ3) is 3.41. The SMILES string of the molecule is C[C@@H](NC(=O)CSc1ncnc2ccccc12)c1cc2ccccc2o1. The predicted molar refractivity (Wildman–Crippen MR) is 103 cm³/mol. The van der Waals surface area contributed by atoms with Crippen LogP contribution in [-0.2, 0) is 4.79 Å². The van der Waals surface area contributed by atoms with Gasteiger partial charge in [-0.2, -0.15) is 0 Å². The van der Waals surface area contributed by atoms with Gasteiger partial charge in [0.25, 0.3) is 0 Å². The lowest BCUT2D eigenvalue weighted by atomic mass is 10.2. The van der Waals surface area contributed by atoms with Gasteiger partial charge in [-0.3, -0.25) is 4.79 Å². The zero-order chi connectivity index (χ0) is 17.9. The molecule has 1 amide bonds. The van der Waals surface area contributed by atoms with Crippen molar-refractivity contribution in [2.24, 2.45) is 0 Å². The highest BCUT2D eigenvalue weighted by Crippen LogP contribution is 2.25. The fraction of sp³-hybridized carbons (Fsp3) is 0.150. The monoisotopic (exact) mass is 363 g/mol. The normalized spacial score (nSPS) is 12.3. The Labute approximate surface area is 154 Å². The van der Waals surface area contributed by atoms with Gasteiger partial charge in [-0.05, 0) is 25.1 Å². The minimum Gasteiger partial charge on any atom is -0.459 e. The molecule has 4 rings (SSSR count). The molecule has 0 radical (unpaired) electrons. The van der Waals surface area contributed by atoms with Crippen molar-refractivity contribution in [2.45, 2.75) is 18.0 Å². The molecule has 6 heteroatoms. The highest BCUT2D eigenvalue weighted by molar-refractivity contribution is 8.00. The van der Waals surface area contributed by atoms with Crippen molar-refractivity contribution < 1.29 is 9.21 Å². The second kappa shape index (κ2) is 7.17. The average Bonchev–Trinajstić information content (AvgIpc) is 3.11. The maximum Gasteiger partial charge on any atom is 0.230 e. The largest absolute Gasteiger partial charge is 0.459 e. The van der Waals surface area contributed by atoms with Crippen LogP contribution in [0.3, 0.4) is 0 Å². The van der Waals surface area contributed by atoms with E-state index in [1.807, 2.05) is 61.5 Å². The first-order valence-corrected chi connectivity index (χ1v) is 9.29. The van der Waals surface area contributed by atoms with Crippen molar-refractivity contribution in [3.05, 3.63) is 66.7 Å². The van der Waals surface area contributed by atoms with Gasteiger partial charge in [0, 0.05) is 10.8 Å². The second-order valence-electron chi connectivity index (χ2n) is 5.96. The molecule has 4 aromatic rings. The van der Waals surface area contributed by atoms with Crippen LogP contribution in [0.25, 0.3) is 21.9 Å². The first kappa shape index (κ1) is 16.6. The van der Waals surface area contributed by atoms with E-state index < -0.39 is 0 Å². The molecule has 0 aliphatic rings. The van der Waals surface area contributed by atoms with Crippen LogP contribution in [0.5, 0.6) is 0 Å². The fourth-order valence-electron chi connectivity index (χ4n) is 2.80. The maximum absolute atomic E-state index is 12.3. The number of furan rings is 1. The lowest BCUT2D eigenvalue weighted by molar-refractivity contribution is -0.119. The summed E-state index contributed by atoms with van der Waals surface area (Å²) in [6.07, 6.45) is 1.53. The number of fused-ring (bicyclic) bond motifs is 2. The van der Waals surface area contributed by atoms with Crippen LogP contribution in [-0.4, -0.2) is 21.6 Å². The standard InChI is InChI=1S/C20H17N3O2S/c1-13(18-10-14-6-2-5-9-17(14)25-18)23-19(24)11-26-20-15-7-3-4-8-16(15)21-12-22-20/h2-10,12-13H,11H2,1H3,(H,23,24)/t13-/m1/s1. The molecule has 0 spiro atoms. The Kier molecular flexibility index (Phi) is 4.58. The van der Waals surface area contributed by atoms with Gasteiger partial charge in [0.1, 0.15) is 22.7 Å². The molecule has 0 saturated heterocycles. The maximum atomic E-state index is 12.3. The van der Waals surface area contributed by atoms with E-state index in [9.17, 15) is 4.79 Å². The number of amides is 1. The smallest absolute Gasteiger partial charge is 0.230 e. The van der Waals surface area contributed by atoms with Crippen LogP contribution in [0.2, 0.25) is 0 Å². The molecule has 2 aromatic carbocycles. The van der Waals surface area contributed by atoms with E-state index in [1.54, 1.807) is 0 Å². The molecule has 1 atom stereocenters. The van der Waals surface area contributed by atoms with Gasteiger partial charge >= 0.3 is 0 Å². The minimum atomic E-state index is -0.197. The number of carbonyl (C=O) groups is 1. The van der Waals surface area contributed by atoms with E-state index >= 15 is 0 Å². The topological polar surface area (TPSA) is 68.0 Å². The molecule has 2 aromatic heterocycles. The Bertz CT molecular complexity index is 1040. The van der Waals surface area contributed by atoms with E-state index in [4.69, 9.17) is 4.42 Å². The van der Waals surface area contributed by atoms with Crippen LogP contribution < -0.4 is 5.32 Å². The van der Waals surface area contributed by atoms with Crippen molar-refractivity contribution in [1.82, 2.24) is 15.3 Å². The number of nitrogens with zero attached hydrogens (tertiary/aromatic N) is 2. The molecular weight excluding hydrogens is 346 g/mol. The number of benzene rings is 2. The zero-order valence-corrected chi connectivity index (χ0v) is 15.0. The molecule has 0 aliphatic carbocycles. The number of hydrogen-bond acceptors (Lipinski definition) is 5. The third-order valence-corrected chi connectivity index (χ3v) is 5.10. The second-order valence-corrected chi connectivity index (χ2v) is 6.92. The average molecular weight is 363 g/mol. The number of thioether (sulfide) groups is 1. The molecule has 5 nitrogen and oxygen atoms in total. The Morgan fingerprint density at radius 2 is 1.96 bits per heavy atom. The molecule has 1 N–H and O–H groups in total. The number of aromatic nitrogens is 2. The zero-order valence-electron chi connectivity index (χ0n) is 14.2. The highest BCUT2D eigenvalue weighted by atomic mass is 32.2. The van der Waals surface area contributed by atoms with E-state index in [0.717, 1.165) is 32.7 Å². The van der Waals surface area contributed by atoms with Crippen molar-refractivity contribution in [1.29, 1.82) is 0 Å². The summed E-state index contributed by atoms with van der Waals surface area (Å²) in [5, 5.41) is 5.78. The van der Waals surface area contributed by atoms with Crippen molar-refractivity contribution in [2.75, 3.05) is 5.75 Å². The molecule has 0 unspecified atom stereocenters. The number of carbonyl (C=O) groups excluding carboxylic acids is 1. The summed E-state index contributed by atoms with van der Waals surface area (Å²) in [6.45, 7) is 1.92. The molecule has 26 heavy (non-hydrogen) atoms. The predicted octanol–water partition coefficient (Wildman–Crippen LogP) is 4.35. The van der Waals surface area contributed by atoms with Gasteiger partial charge in [-0.15, -0.1) is 0 Å². The first-order valence-electron chi connectivity index (χ1n) is 8.31. The van der Waals surface area contributed by atoms with Gasteiger partial charge in [0.15, 0.2) is 0 Å². The summed E-state index contributed by atoms with van der Waals surface area (Å²) in [6, 6.07) is 17.4. The Balaban J connectivity index is 1.42. The van der Waals surface area contributed by atoms with Gasteiger partial charge in [0.2, 0.25) is 5.91 Å². The molecular formula is C20H17N3O2S. The lowest BCUT2D eigenvalue weighted by Crippen LogP contribution is -2.27. The van der Waals surface area contributed by atoms with E-state index in [1.165, 1.54) is 18.1 Å². The van der Waals surface area contributed by atoms with Crippen LogP contribution >= 0.6 is 11.8 Å². The number of nitrogens with one attached hydrogen (secondary N) is 1. The quantitative estimate of drug-likeness (QED) is 0.422. The number of rotatable bonds is 5. The summed E-state index contributed by atoms with van der Waals surface area (Å²) in [4.78, 5) is 20.9. The minimum absolute atomic E-state index is 0.0642. The van der Waals surface area contributed by atoms with Crippen LogP contribution in [0.4, 0.5) is 0 Å². The van der Waals surface area contributed by atoms with E-state index in [-0.39, 0.29) is 17.7 Å². The van der Waals surface area contributed by atoms with Gasteiger partial charge in [0.05, 0.1) is 17.3 Å². The van der Waals surface area contributed by atoms with Gasteiger partial charge in [-0.25, -0.2) is 9.97 Å². The summed E-state index contributed by atoms with van der Waals surface area (Å²) < 4.78 is 5.81. The summed E-state index contributed by atoms with van der Waals surface area (Å²) >= 11 is 1.41.